The van der Waals surface area contributed by atoms with Crippen molar-refractivity contribution in [2.75, 3.05) is 39.8 Å². The Balaban J connectivity index is 1.50. The molecule has 0 bridgehead atoms. The summed E-state index contributed by atoms with van der Waals surface area (Å²) in [7, 11) is 2.05. The number of hydrogen-bond acceptors (Lipinski definition) is 3. The Labute approximate surface area is 142 Å². The summed E-state index contributed by atoms with van der Waals surface area (Å²) in [6.45, 7) is 3.31. The largest absolute Gasteiger partial charge is 0.347 e. The van der Waals surface area contributed by atoms with Crippen LogP contribution in [0.1, 0.15) is 5.56 Å². The fourth-order valence-corrected chi connectivity index (χ4v) is 2.94. The first-order valence-corrected chi connectivity index (χ1v) is 8.32. The fraction of sp³-hybridized carbons (Fsp3) is 0.368. The summed E-state index contributed by atoms with van der Waals surface area (Å²) in [6, 6.07) is 14.1. The highest BCUT2D eigenvalue weighted by atomic mass is 16.2. The van der Waals surface area contributed by atoms with Crippen LogP contribution in [0.25, 0.3) is 10.8 Å². The molecule has 1 N–H and O–H groups in total. The van der Waals surface area contributed by atoms with Gasteiger partial charge in [0.05, 0.1) is 13.0 Å². The SMILES string of the molecule is CN1CCN(C(=O)CNC(=O)Cc2ccc3ccccc3c2)CC1. The van der Waals surface area contributed by atoms with Crippen LogP contribution in [-0.2, 0) is 16.0 Å². The average molecular weight is 325 g/mol. The summed E-state index contributed by atoms with van der Waals surface area (Å²) in [6.07, 6.45) is 0.293. The molecule has 1 aliphatic rings. The maximum Gasteiger partial charge on any atom is 0.242 e. The minimum absolute atomic E-state index is 0.00467. The predicted molar refractivity (Wildman–Crippen MR) is 94.7 cm³/mol. The molecule has 2 amide bonds. The monoisotopic (exact) mass is 325 g/mol. The Bertz CT molecular complexity index is 736. The van der Waals surface area contributed by atoms with Gasteiger partial charge in [-0.25, -0.2) is 0 Å². The summed E-state index contributed by atoms with van der Waals surface area (Å²) in [5, 5.41) is 5.02. The standard InChI is InChI=1S/C19H23N3O2/c1-21-8-10-22(11-9-21)19(24)14-20-18(23)13-15-6-7-16-4-2-3-5-17(16)12-15/h2-7,12H,8-11,13-14H2,1H3,(H,20,23). The van der Waals surface area contributed by atoms with E-state index in [4.69, 9.17) is 0 Å². The number of amides is 2. The Hall–Kier alpha value is -2.40. The molecule has 5 heteroatoms. The van der Waals surface area contributed by atoms with Gasteiger partial charge >= 0.3 is 0 Å². The first kappa shape index (κ1) is 16.5. The van der Waals surface area contributed by atoms with Crippen LogP contribution < -0.4 is 5.32 Å². The molecule has 0 spiro atoms. The minimum atomic E-state index is -0.118. The van der Waals surface area contributed by atoms with Gasteiger partial charge in [-0.1, -0.05) is 42.5 Å². The molecule has 1 fully saturated rings. The van der Waals surface area contributed by atoms with Gasteiger partial charge in [-0.2, -0.15) is 0 Å². The van der Waals surface area contributed by atoms with Crippen molar-refractivity contribution in [1.29, 1.82) is 0 Å². The normalized spacial score (nSPS) is 15.5. The van der Waals surface area contributed by atoms with Gasteiger partial charge in [-0.15, -0.1) is 0 Å². The van der Waals surface area contributed by atoms with Gasteiger partial charge in [-0.3, -0.25) is 9.59 Å². The number of likely N-dealkylation sites (N-methyl/N-ethyl adjacent to an activating group) is 1. The molecule has 24 heavy (non-hydrogen) atoms. The number of carbonyl (C=O) groups is 2. The van der Waals surface area contributed by atoms with Crippen LogP contribution in [0.3, 0.4) is 0 Å². The molecule has 0 aromatic heterocycles. The van der Waals surface area contributed by atoms with Crippen molar-refractivity contribution in [3.05, 3.63) is 48.0 Å². The third-order valence-electron chi connectivity index (χ3n) is 4.47. The van der Waals surface area contributed by atoms with Gasteiger partial charge in [0.2, 0.25) is 11.8 Å². The van der Waals surface area contributed by atoms with Crippen molar-refractivity contribution < 1.29 is 9.59 Å². The third-order valence-corrected chi connectivity index (χ3v) is 4.47. The first-order valence-electron chi connectivity index (χ1n) is 8.32. The van der Waals surface area contributed by atoms with Crippen molar-refractivity contribution in [2.24, 2.45) is 0 Å². The van der Waals surface area contributed by atoms with E-state index in [9.17, 15) is 9.59 Å². The first-order chi connectivity index (χ1) is 11.6. The molecule has 3 rings (SSSR count). The van der Waals surface area contributed by atoms with Crippen LogP contribution in [-0.4, -0.2) is 61.4 Å². The molecule has 0 atom stereocenters. The maximum absolute atomic E-state index is 12.1. The zero-order chi connectivity index (χ0) is 16.9. The highest BCUT2D eigenvalue weighted by Gasteiger charge is 2.19. The van der Waals surface area contributed by atoms with Crippen LogP contribution in [0.15, 0.2) is 42.5 Å². The molecule has 1 saturated heterocycles. The van der Waals surface area contributed by atoms with Crippen molar-refractivity contribution >= 4 is 22.6 Å². The Morgan fingerprint density at radius 2 is 1.71 bits per heavy atom. The second-order valence-electron chi connectivity index (χ2n) is 6.32. The van der Waals surface area contributed by atoms with E-state index in [1.807, 2.05) is 54.4 Å². The fourth-order valence-electron chi connectivity index (χ4n) is 2.94. The van der Waals surface area contributed by atoms with Crippen molar-refractivity contribution in [3.8, 4) is 0 Å². The lowest BCUT2D eigenvalue weighted by atomic mass is 10.0. The maximum atomic E-state index is 12.1. The smallest absolute Gasteiger partial charge is 0.242 e. The lowest BCUT2D eigenvalue weighted by Crippen LogP contribution is -2.50. The summed E-state index contributed by atoms with van der Waals surface area (Å²) in [5.41, 5.74) is 0.957. The van der Waals surface area contributed by atoms with Crippen LogP contribution in [0, 0.1) is 0 Å². The molecule has 2 aromatic rings. The second-order valence-corrected chi connectivity index (χ2v) is 6.32. The summed E-state index contributed by atoms with van der Waals surface area (Å²) >= 11 is 0. The van der Waals surface area contributed by atoms with Gasteiger partial charge in [0.1, 0.15) is 0 Å². The van der Waals surface area contributed by atoms with E-state index in [1.54, 1.807) is 0 Å². The number of carbonyl (C=O) groups excluding carboxylic acids is 2. The summed E-state index contributed by atoms with van der Waals surface area (Å²) < 4.78 is 0. The van der Waals surface area contributed by atoms with Gasteiger partial charge in [0, 0.05) is 26.2 Å². The van der Waals surface area contributed by atoms with Crippen molar-refractivity contribution in [3.63, 3.8) is 0 Å². The number of fused-ring (bicyclic) bond motifs is 1. The zero-order valence-corrected chi connectivity index (χ0v) is 14.0. The number of hydrogen-bond donors (Lipinski definition) is 1. The number of nitrogens with one attached hydrogen (secondary N) is 1. The minimum Gasteiger partial charge on any atom is -0.347 e. The van der Waals surface area contributed by atoms with E-state index in [0.29, 0.717) is 6.42 Å². The van der Waals surface area contributed by atoms with Crippen LogP contribution in [0.5, 0.6) is 0 Å². The number of rotatable bonds is 4. The van der Waals surface area contributed by atoms with E-state index < -0.39 is 0 Å². The highest BCUT2D eigenvalue weighted by molar-refractivity contribution is 5.87. The second kappa shape index (κ2) is 7.45. The molecular weight excluding hydrogens is 302 g/mol. The van der Waals surface area contributed by atoms with Crippen LogP contribution in [0.2, 0.25) is 0 Å². The van der Waals surface area contributed by atoms with E-state index >= 15 is 0 Å². The van der Waals surface area contributed by atoms with Crippen LogP contribution >= 0.6 is 0 Å². The average Bonchev–Trinajstić information content (AvgIpc) is 2.60. The quantitative estimate of drug-likeness (QED) is 0.921. The van der Waals surface area contributed by atoms with Gasteiger partial charge in [0.15, 0.2) is 0 Å². The molecule has 2 aromatic carbocycles. The van der Waals surface area contributed by atoms with Gasteiger partial charge < -0.3 is 15.1 Å². The summed E-state index contributed by atoms with van der Waals surface area (Å²) in [4.78, 5) is 28.2. The van der Waals surface area contributed by atoms with E-state index in [2.05, 4.69) is 10.2 Å². The zero-order valence-electron chi connectivity index (χ0n) is 14.0. The highest BCUT2D eigenvalue weighted by Crippen LogP contribution is 2.15. The topological polar surface area (TPSA) is 52.6 Å². The number of nitrogens with zero attached hydrogens (tertiary/aromatic N) is 2. The van der Waals surface area contributed by atoms with Gasteiger partial charge in [-0.05, 0) is 23.4 Å². The molecule has 126 valence electrons. The molecule has 5 nitrogen and oxygen atoms in total. The Kier molecular flexibility index (Phi) is 5.11. The molecular formula is C19H23N3O2. The lowest BCUT2D eigenvalue weighted by molar-refractivity contribution is -0.134. The molecule has 0 radical (unpaired) electrons. The molecule has 0 aliphatic carbocycles. The molecule has 1 aliphatic heterocycles. The molecule has 1 heterocycles. The van der Waals surface area contributed by atoms with E-state index in [1.165, 1.54) is 0 Å². The summed E-state index contributed by atoms with van der Waals surface area (Å²) in [5.74, 6) is -0.122. The van der Waals surface area contributed by atoms with Crippen LogP contribution in [0.4, 0.5) is 0 Å². The third kappa shape index (κ3) is 4.11. The predicted octanol–water partition coefficient (Wildman–Crippen LogP) is 1.27. The van der Waals surface area contributed by atoms with Crippen molar-refractivity contribution in [1.82, 2.24) is 15.1 Å². The van der Waals surface area contributed by atoms with E-state index in [0.717, 1.165) is 42.5 Å². The lowest BCUT2D eigenvalue weighted by Gasteiger charge is -2.32. The molecule has 0 unspecified atom stereocenters. The Morgan fingerprint density at radius 1 is 1.00 bits per heavy atom. The van der Waals surface area contributed by atoms with Crippen molar-refractivity contribution in [2.45, 2.75) is 6.42 Å². The molecule has 0 saturated carbocycles. The Morgan fingerprint density at radius 3 is 2.46 bits per heavy atom. The number of benzene rings is 2. The van der Waals surface area contributed by atoms with E-state index in [-0.39, 0.29) is 18.4 Å². The number of piperazine rings is 1. The van der Waals surface area contributed by atoms with Gasteiger partial charge in [0.25, 0.3) is 0 Å².